The van der Waals surface area contributed by atoms with E-state index < -0.39 is 0 Å². The van der Waals surface area contributed by atoms with E-state index in [0.29, 0.717) is 0 Å². The normalized spacial score (nSPS) is 16.8. The molecule has 0 fully saturated rings. The number of aromatic amines is 1. The van der Waals surface area contributed by atoms with Gasteiger partial charge in [-0.05, 0) is 37.8 Å². The molecule has 1 aliphatic rings. The molecule has 0 aliphatic heterocycles. The summed E-state index contributed by atoms with van der Waals surface area (Å²) < 4.78 is 0. The second-order valence-corrected chi connectivity index (χ2v) is 5.55. The molecule has 0 radical (unpaired) electrons. The van der Waals surface area contributed by atoms with Crippen molar-refractivity contribution in [1.29, 1.82) is 0 Å². The summed E-state index contributed by atoms with van der Waals surface area (Å²) in [4.78, 5) is 7.60. The Morgan fingerprint density at radius 2 is 1.94 bits per heavy atom. The van der Waals surface area contributed by atoms with E-state index >= 15 is 0 Å². The third-order valence-corrected chi connectivity index (χ3v) is 3.72. The van der Waals surface area contributed by atoms with E-state index in [-0.39, 0.29) is 5.54 Å². The van der Waals surface area contributed by atoms with Gasteiger partial charge in [-0.2, -0.15) is 0 Å². The predicted octanol–water partition coefficient (Wildman–Crippen LogP) is 2.37. The molecule has 2 aromatic rings. The number of fused-ring (bicyclic) bond motifs is 1. The van der Waals surface area contributed by atoms with Crippen LogP contribution in [0.15, 0.2) is 30.5 Å². The molecule has 3 heteroatoms. The molecule has 0 saturated heterocycles. The van der Waals surface area contributed by atoms with Crippen LogP contribution in [0.25, 0.3) is 0 Å². The van der Waals surface area contributed by atoms with Crippen LogP contribution in [0.2, 0.25) is 0 Å². The summed E-state index contributed by atoms with van der Waals surface area (Å²) in [5, 5.41) is 3.64. The maximum absolute atomic E-state index is 4.34. The molecule has 0 spiro atoms. The Hall–Kier alpha value is -1.61. The number of nitrogens with zero attached hydrogens (tertiary/aromatic N) is 1. The first-order chi connectivity index (χ1) is 8.65. The first-order valence-corrected chi connectivity index (χ1v) is 6.47. The highest BCUT2D eigenvalue weighted by atomic mass is 15.0. The van der Waals surface area contributed by atoms with Crippen LogP contribution in [0.4, 0.5) is 0 Å². The van der Waals surface area contributed by atoms with Gasteiger partial charge in [0.25, 0.3) is 0 Å². The first kappa shape index (κ1) is 11.5. The van der Waals surface area contributed by atoms with Crippen molar-refractivity contribution < 1.29 is 0 Å². The summed E-state index contributed by atoms with van der Waals surface area (Å²) in [6, 6.07) is 8.72. The van der Waals surface area contributed by atoms with Gasteiger partial charge in [0.15, 0.2) is 0 Å². The van der Waals surface area contributed by atoms with E-state index in [9.17, 15) is 0 Å². The van der Waals surface area contributed by atoms with Gasteiger partial charge in [-0.3, -0.25) is 0 Å². The quantitative estimate of drug-likeness (QED) is 0.866. The summed E-state index contributed by atoms with van der Waals surface area (Å²) in [5.74, 6) is 1.02. The molecule has 1 aromatic carbocycles. The highest BCUT2D eigenvalue weighted by molar-refractivity contribution is 5.35. The molecule has 0 bridgehead atoms. The molecular weight excluding hydrogens is 222 g/mol. The highest BCUT2D eigenvalue weighted by Gasteiger charge is 2.31. The standard InChI is InChI=1S/C15H19N3/c1-11-9-16-14(18-11)10-17-15(2)7-12-5-3-4-6-13(12)8-15/h3-6,9,17H,7-8,10H2,1-2H3,(H,16,18). The van der Waals surface area contributed by atoms with Crippen molar-refractivity contribution >= 4 is 0 Å². The summed E-state index contributed by atoms with van der Waals surface area (Å²) in [6.45, 7) is 5.13. The van der Waals surface area contributed by atoms with Crippen LogP contribution in [0.3, 0.4) is 0 Å². The molecule has 2 N–H and O–H groups in total. The third kappa shape index (κ3) is 2.18. The predicted molar refractivity (Wildman–Crippen MR) is 72.4 cm³/mol. The Morgan fingerprint density at radius 1 is 1.28 bits per heavy atom. The lowest BCUT2D eigenvalue weighted by Crippen LogP contribution is -2.42. The second-order valence-electron chi connectivity index (χ2n) is 5.55. The Morgan fingerprint density at radius 3 is 2.50 bits per heavy atom. The number of hydrogen-bond acceptors (Lipinski definition) is 2. The Kier molecular flexibility index (Phi) is 2.71. The molecule has 0 amide bonds. The maximum Gasteiger partial charge on any atom is 0.120 e. The largest absolute Gasteiger partial charge is 0.345 e. The fourth-order valence-corrected chi connectivity index (χ4v) is 2.78. The van der Waals surface area contributed by atoms with Crippen LogP contribution in [-0.4, -0.2) is 15.5 Å². The Bertz CT molecular complexity index is 531. The van der Waals surface area contributed by atoms with Crippen LogP contribution in [0.1, 0.15) is 29.6 Å². The van der Waals surface area contributed by atoms with Gasteiger partial charge < -0.3 is 10.3 Å². The van der Waals surface area contributed by atoms with Gasteiger partial charge in [0.2, 0.25) is 0 Å². The van der Waals surface area contributed by atoms with Gasteiger partial charge >= 0.3 is 0 Å². The summed E-state index contributed by atoms with van der Waals surface area (Å²) in [5.41, 5.74) is 4.22. The number of imidazole rings is 1. The second kappa shape index (κ2) is 4.25. The highest BCUT2D eigenvalue weighted by Crippen LogP contribution is 2.29. The minimum Gasteiger partial charge on any atom is -0.345 e. The molecule has 3 nitrogen and oxygen atoms in total. The van der Waals surface area contributed by atoms with Crippen LogP contribution in [-0.2, 0) is 19.4 Å². The van der Waals surface area contributed by atoms with Crippen molar-refractivity contribution in [2.45, 2.75) is 38.8 Å². The SMILES string of the molecule is Cc1cnc(CNC2(C)Cc3ccccc3C2)[nH]1. The van der Waals surface area contributed by atoms with Gasteiger partial charge in [-0.25, -0.2) is 4.98 Å². The topological polar surface area (TPSA) is 40.7 Å². The number of aromatic nitrogens is 2. The lowest BCUT2D eigenvalue weighted by molar-refractivity contribution is 0.366. The lowest BCUT2D eigenvalue weighted by atomic mass is 9.99. The molecule has 3 rings (SSSR count). The average molecular weight is 241 g/mol. The van der Waals surface area contributed by atoms with Crippen LogP contribution < -0.4 is 5.32 Å². The van der Waals surface area contributed by atoms with Gasteiger partial charge in [0.05, 0.1) is 6.54 Å². The Balaban J connectivity index is 1.68. The van der Waals surface area contributed by atoms with Crippen LogP contribution >= 0.6 is 0 Å². The first-order valence-electron chi connectivity index (χ1n) is 6.47. The van der Waals surface area contributed by atoms with Crippen molar-refractivity contribution in [3.63, 3.8) is 0 Å². The molecule has 0 saturated carbocycles. The fourth-order valence-electron chi connectivity index (χ4n) is 2.78. The van der Waals surface area contributed by atoms with Crippen molar-refractivity contribution in [2.24, 2.45) is 0 Å². The number of H-pyrrole nitrogens is 1. The van der Waals surface area contributed by atoms with E-state index in [1.54, 1.807) is 0 Å². The zero-order valence-electron chi connectivity index (χ0n) is 11.0. The number of aryl methyl sites for hydroxylation is 1. The number of nitrogens with one attached hydrogen (secondary N) is 2. The van der Waals surface area contributed by atoms with E-state index in [0.717, 1.165) is 30.9 Å². The van der Waals surface area contributed by atoms with Crippen molar-refractivity contribution in [2.75, 3.05) is 0 Å². The third-order valence-electron chi connectivity index (χ3n) is 3.72. The van der Waals surface area contributed by atoms with Crippen LogP contribution in [0, 0.1) is 6.92 Å². The van der Waals surface area contributed by atoms with Gasteiger partial charge in [0.1, 0.15) is 5.82 Å². The molecule has 18 heavy (non-hydrogen) atoms. The lowest BCUT2D eigenvalue weighted by Gasteiger charge is -2.25. The number of hydrogen-bond donors (Lipinski definition) is 2. The van der Waals surface area contributed by atoms with E-state index in [2.05, 4.69) is 46.5 Å². The summed E-state index contributed by atoms with van der Waals surface area (Å²) >= 11 is 0. The minimum absolute atomic E-state index is 0.157. The molecular formula is C15H19N3. The smallest absolute Gasteiger partial charge is 0.120 e. The number of benzene rings is 1. The molecule has 1 aliphatic carbocycles. The Labute approximate surface area is 108 Å². The van der Waals surface area contributed by atoms with Crippen LogP contribution in [0.5, 0.6) is 0 Å². The van der Waals surface area contributed by atoms with Crippen molar-refractivity contribution in [3.05, 3.63) is 53.1 Å². The summed E-state index contributed by atoms with van der Waals surface area (Å²) in [6.07, 6.45) is 4.08. The van der Waals surface area contributed by atoms with Gasteiger partial charge in [-0.1, -0.05) is 24.3 Å². The zero-order valence-corrected chi connectivity index (χ0v) is 11.0. The molecule has 0 unspecified atom stereocenters. The van der Waals surface area contributed by atoms with E-state index in [1.165, 1.54) is 11.1 Å². The number of rotatable bonds is 3. The zero-order chi connectivity index (χ0) is 12.6. The minimum atomic E-state index is 0.157. The molecule has 1 aromatic heterocycles. The average Bonchev–Trinajstić information content (AvgIpc) is 2.89. The van der Waals surface area contributed by atoms with Gasteiger partial charge in [0, 0.05) is 17.4 Å². The monoisotopic (exact) mass is 241 g/mol. The van der Waals surface area contributed by atoms with Crippen molar-refractivity contribution in [3.8, 4) is 0 Å². The molecule has 1 heterocycles. The molecule has 0 atom stereocenters. The van der Waals surface area contributed by atoms with E-state index in [1.807, 2.05) is 13.1 Å². The molecule has 94 valence electrons. The van der Waals surface area contributed by atoms with Crippen molar-refractivity contribution in [1.82, 2.24) is 15.3 Å². The van der Waals surface area contributed by atoms with Gasteiger partial charge in [-0.15, -0.1) is 0 Å². The summed E-state index contributed by atoms with van der Waals surface area (Å²) in [7, 11) is 0. The van der Waals surface area contributed by atoms with E-state index in [4.69, 9.17) is 0 Å². The maximum atomic E-state index is 4.34. The fraction of sp³-hybridized carbons (Fsp3) is 0.400.